The van der Waals surface area contributed by atoms with E-state index < -0.39 is 5.91 Å². The Morgan fingerprint density at radius 3 is 1.71 bits per heavy atom. The van der Waals surface area contributed by atoms with Gasteiger partial charge in [-0.05, 0) is 75.2 Å². The average Bonchev–Trinajstić information content (AvgIpc) is 3.22. The molecular weight excluding hydrogens is 760 g/mol. The number of halogens is 1. The molecule has 3 aliphatic rings. The lowest BCUT2D eigenvalue weighted by Crippen LogP contribution is -2.60. The number of carbonyl (C=O) groups is 3. The maximum Gasteiger partial charge on any atom is 0.274 e. The van der Waals surface area contributed by atoms with Gasteiger partial charge >= 0.3 is 0 Å². The number of rotatable bonds is 16. The van der Waals surface area contributed by atoms with Crippen molar-refractivity contribution in [1.82, 2.24) is 34.9 Å². The third kappa shape index (κ3) is 12.2. The van der Waals surface area contributed by atoms with Crippen molar-refractivity contribution in [3.8, 4) is 11.5 Å². The second kappa shape index (κ2) is 20.3. The van der Waals surface area contributed by atoms with Crippen molar-refractivity contribution in [2.24, 2.45) is 0 Å². The van der Waals surface area contributed by atoms with Crippen LogP contribution in [0.25, 0.3) is 0 Å². The zero-order chi connectivity index (χ0) is 41.1. The molecule has 0 spiro atoms. The molecule has 1 atom stereocenters. The van der Waals surface area contributed by atoms with Gasteiger partial charge in [-0.15, -0.1) is 0 Å². The van der Waals surface area contributed by atoms with Crippen LogP contribution in [0.5, 0.6) is 11.5 Å². The molecule has 0 unspecified atom stereocenters. The van der Waals surface area contributed by atoms with Crippen LogP contribution in [-0.4, -0.2) is 164 Å². The first kappa shape index (κ1) is 42.9. The number of likely N-dealkylation sites (N-methyl/N-ethyl adjacent to an activating group) is 2. The third-order valence-corrected chi connectivity index (χ3v) is 12.0. The number of hydrogen-bond donors (Lipinski definition) is 3. The van der Waals surface area contributed by atoms with Crippen LogP contribution in [-0.2, 0) is 22.4 Å². The second-order valence-corrected chi connectivity index (χ2v) is 16.4. The van der Waals surface area contributed by atoms with Gasteiger partial charge in [0.15, 0.2) is 35.7 Å². The first-order chi connectivity index (χ1) is 27.9. The molecule has 3 saturated heterocycles. The number of nitrogens with two attached hydrogens (primary N) is 2. The number of nitrogen functional groups attached to an aromatic ring is 2. The maximum absolute atomic E-state index is 13.3. The van der Waals surface area contributed by atoms with Gasteiger partial charge in [0.25, 0.3) is 17.7 Å². The quantitative estimate of drug-likeness (QED) is 0.182. The van der Waals surface area contributed by atoms with E-state index in [1.807, 2.05) is 34.1 Å². The summed E-state index contributed by atoms with van der Waals surface area (Å²) in [6.45, 7) is 10.2. The molecule has 2 aromatic carbocycles. The Morgan fingerprint density at radius 1 is 0.741 bits per heavy atom. The van der Waals surface area contributed by atoms with Crippen molar-refractivity contribution in [2.45, 2.75) is 44.6 Å². The lowest BCUT2D eigenvalue weighted by molar-refractivity contribution is -0.933. The summed E-state index contributed by atoms with van der Waals surface area (Å²) in [6, 6.07) is 16.0. The maximum atomic E-state index is 13.3. The molecule has 15 nitrogen and oxygen atoms in total. The first-order valence-corrected chi connectivity index (χ1v) is 20.9. The molecule has 58 heavy (non-hydrogen) atoms. The number of hydrogen-bond acceptors (Lipinski definition) is 11. The summed E-state index contributed by atoms with van der Waals surface area (Å²) in [5.41, 5.74) is 14.2. The smallest absolute Gasteiger partial charge is 0.274 e. The Morgan fingerprint density at radius 2 is 1.22 bits per heavy atom. The molecule has 3 aliphatic heterocycles. The highest BCUT2D eigenvalue weighted by atomic mass is 35.5. The van der Waals surface area contributed by atoms with E-state index in [9.17, 15) is 14.4 Å². The number of aromatic nitrogens is 2. The molecule has 3 aromatic rings. The number of nitrogens with one attached hydrogen (secondary N) is 1. The van der Waals surface area contributed by atoms with Crippen LogP contribution in [0.4, 0.5) is 11.6 Å². The van der Waals surface area contributed by atoms with Gasteiger partial charge in [-0.1, -0.05) is 35.9 Å². The summed E-state index contributed by atoms with van der Waals surface area (Å²) in [5, 5.41) is 3.12. The molecule has 6 rings (SSSR count). The van der Waals surface area contributed by atoms with Gasteiger partial charge in [0, 0.05) is 65.2 Å². The van der Waals surface area contributed by atoms with E-state index in [4.69, 9.17) is 32.5 Å². The number of carbonyl (C=O) groups excluding carboxylic acids is 3. The number of ether oxygens (including phenoxy) is 2. The van der Waals surface area contributed by atoms with Crippen molar-refractivity contribution in [3.05, 3.63) is 70.5 Å². The van der Waals surface area contributed by atoms with Gasteiger partial charge in [-0.25, -0.2) is 9.97 Å². The molecule has 5 N–H and O–H groups in total. The average molecular weight is 820 g/mol. The molecular formula is C42H60ClN10O5+. The van der Waals surface area contributed by atoms with Gasteiger partial charge in [0.05, 0.1) is 32.2 Å². The number of amides is 3. The molecule has 4 heterocycles. The van der Waals surface area contributed by atoms with Crippen LogP contribution in [0, 0.1) is 0 Å². The van der Waals surface area contributed by atoms with E-state index in [1.165, 1.54) is 11.1 Å². The highest BCUT2D eigenvalue weighted by molar-refractivity contribution is 6.31. The second-order valence-electron chi connectivity index (χ2n) is 16.1. The van der Waals surface area contributed by atoms with Crippen LogP contribution in [0.1, 0.15) is 47.3 Å². The van der Waals surface area contributed by atoms with E-state index in [0.29, 0.717) is 11.5 Å². The zero-order valence-corrected chi connectivity index (χ0v) is 34.8. The number of nitrogens with zero attached hydrogens (tertiary/aromatic N) is 7. The SMILES string of the molecule is CN1CCN(C(=O)COc2ccc(CCC[N+]3(CCCc4ccc(OCC(=O)N5CCN(C)CC5)cc4)CCC[C@H](NC(=O)c4nc(Cl)c(N)nc4N)C3)cc2)CC1. The van der Waals surface area contributed by atoms with E-state index in [2.05, 4.69) is 63.4 Å². The van der Waals surface area contributed by atoms with Crippen LogP contribution < -0.4 is 26.3 Å². The van der Waals surface area contributed by atoms with Crippen LogP contribution in [0.3, 0.4) is 0 Å². The van der Waals surface area contributed by atoms with Gasteiger partial charge in [-0.3, -0.25) is 14.4 Å². The van der Waals surface area contributed by atoms with E-state index in [1.54, 1.807) is 0 Å². The van der Waals surface area contributed by atoms with Gasteiger partial charge in [0.1, 0.15) is 11.5 Å². The molecule has 3 fully saturated rings. The minimum Gasteiger partial charge on any atom is -0.484 e. The Bertz CT molecular complexity index is 1750. The van der Waals surface area contributed by atoms with Crippen molar-refractivity contribution < 1.29 is 28.3 Å². The van der Waals surface area contributed by atoms with Gasteiger partial charge < -0.3 is 50.3 Å². The number of piperazine rings is 2. The summed E-state index contributed by atoms with van der Waals surface area (Å²) in [5.74, 6) is 0.954. The minimum atomic E-state index is -0.406. The summed E-state index contributed by atoms with van der Waals surface area (Å²) < 4.78 is 12.6. The van der Waals surface area contributed by atoms with Crippen LogP contribution >= 0.6 is 11.6 Å². The summed E-state index contributed by atoms with van der Waals surface area (Å²) in [4.78, 5) is 54.9. The third-order valence-electron chi connectivity index (χ3n) is 11.7. The zero-order valence-electron chi connectivity index (χ0n) is 34.0. The molecule has 3 amide bonds. The molecule has 0 radical (unpaired) electrons. The highest BCUT2D eigenvalue weighted by Crippen LogP contribution is 2.25. The summed E-state index contributed by atoms with van der Waals surface area (Å²) in [7, 11) is 4.14. The minimum absolute atomic E-state index is 0.0129. The number of anilines is 2. The number of benzene rings is 2. The Hall–Kier alpha value is -4.70. The van der Waals surface area contributed by atoms with Crippen molar-refractivity contribution in [2.75, 3.05) is 117 Å². The fourth-order valence-corrected chi connectivity index (χ4v) is 8.27. The number of quaternary nitrogens is 1. The Kier molecular flexibility index (Phi) is 15.0. The van der Waals surface area contributed by atoms with Gasteiger partial charge in [-0.2, -0.15) is 0 Å². The summed E-state index contributed by atoms with van der Waals surface area (Å²) in [6.07, 6.45) is 5.53. The lowest BCUT2D eigenvalue weighted by atomic mass is 9.99. The van der Waals surface area contributed by atoms with E-state index in [0.717, 1.165) is 122 Å². The largest absolute Gasteiger partial charge is 0.484 e. The molecule has 314 valence electrons. The fraction of sp³-hybridized carbons (Fsp3) is 0.548. The monoisotopic (exact) mass is 819 g/mol. The number of piperidine rings is 1. The highest BCUT2D eigenvalue weighted by Gasteiger charge is 2.36. The standard InChI is InChI=1S/C42H59ClN10O5/c1-49-17-21-51(22-18-49)36(54)29-57-34-13-9-31(10-14-34)6-3-25-53(27-5-8-33(28-53)46-42(56)38-40(44)48-41(45)39(43)47-38)26-4-7-32-11-15-35(16-12-32)58-30-37(55)52-23-19-50(2)20-24-52/h9-16,33H,3-8,17-30H2,1-2H3,(H4-,44,45,46,48,56)/p+1/t33-/m0/s1. The van der Waals surface area contributed by atoms with E-state index in [-0.39, 0.29) is 53.6 Å². The van der Waals surface area contributed by atoms with Crippen molar-refractivity contribution in [1.29, 1.82) is 0 Å². The lowest BCUT2D eigenvalue weighted by Gasteiger charge is -2.45. The van der Waals surface area contributed by atoms with Crippen molar-refractivity contribution >= 4 is 41.0 Å². The van der Waals surface area contributed by atoms with Crippen molar-refractivity contribution in [3.63, 3.8) is 0 Å². The molecule has 1 aromatic heterocycles. The number of aryl methyl sites for hydroxylation is 2. The van der Waals surface area contributed by atoms with E-state index >= 15 is 0 Å². The molecule has 16 heteroatoms. The molecule has 0 bridgehead atoms. The topological polar surface area (TPSA) is 172 Å². The van der Waals surface area contributed by atoms with Gasteiger partial charge in [0.2, 0.25) is 0 Å². The predicted molar refractivity (Wildman–Crippen MR) is 225 cm³/mol. The Labute approximate surface area is 347 Å². The normalized spacial score (nSPS) is 18.8. The van der Waals surface area contributed by atoms with Crippen LogP contribution in [0.2, 0.25) is 5.15 Å². The first-order valence-electron chi connectivity index (χ1n) is 20.6. The van der Waals surface area contributed by atoms with Crippen LogP contribution in [0.15, 0.2) is 48.5 Å². The molecule has 0 saturated carbocycles. The fourth-order valence-electron chi connectivity index (χ4n) is 8.15. The predicted octanol–water partition coefficient (Wildman–Crippen LogP) is 2.57. The summed E-state index contributed by atoms with van der Waals surface area (Å²) >= 11 is 6.09. The Balaban J connectivity index is 1.03. The number of likely N-dealkylation sites (tertiary alicyclic amines) is 1. The molecule has 0 aliphatic carbocycles.